The Balaban J connectivity index is 1.33. The van der Waals surface area contributed by atoms with E-state index in [1.165, 1.54) is 26.9 Å². The summed E-state index contributed by atoms with van der Waals surface area (Å²) in [4.78, 5) is 16.1. The van der Waals surface area contributed by atoms with Crippen LogP contribution in [0.15, 0.2) is 40.6 Å². The predicted octanol–water partition coefficient (Wildman–Crippen LogP) is 3.02. The number of carbonyl (C=O) groups is 1. The van der Waals surface area contributed by atoms with Gasteiger partial charge in [-0.2, -0.15) is 4.31 Å². The maximum absolute atomic E-state index is 12.9. The number of fused-ring (bicyclic) bond motifs is 1. The molecule has 0 radical (unpaired) electrons. The molecule has 1 aromatic heterocycles. The standard InChI is InChI=1S/C22H29N3O3S2/c1-16-14-18-6-3-4-8-20(18)25(16)13-11-23-22(26)19-7-5-12-24(15-19)30(27,28)21-10-9-17(2)29-21/h3-4,6,8-10,16,19H,5,7,11-15H2,1-2H3,(H,23,26). The Morgan fingerprint density at radius 1 is 1.23 bits per heavy atom. The lowest BCUT2D eigenvalue weighted by Crippen LogP contribution is -2.46. The predicted molar refractivity (Wildman–Crippen MR) is 121 cm³/mol. The third-order valence-electron chi connectivity index (χ3n) is 6.07. The van der Waals surface area contributed by atoms with E-state index in [0.29, 0.717) is 29.8 Å². The smallest absolute Gasteiger partial charge is 0.252 e. The fourth-order valence-corrected chi connectivity index (χ4v) is 7.43. The number of benzene rings is 1. The van der Waals surface area contributed by atoms with Crippen LogP contribution in [0.4, 0.5) is 5.69 Å². The topological polar surface area (TPSA) is 69.7 Å². The van der Waals surface area contributed by atoms with Crippen LogP contribution in [-0.2, 0) is 21.2 Å². The molecular formula is C22H29N3O3S2. The molecule has 4 rings (SSSR count). The third kappa shape index (κ3) is 4.26. The second-order valence-electron chi connectivity index (χ2n) is 8.23. The van der Waals surface area contributed by atoms with Crippen molar-refractivity contribution in [3.05, 3.63) is 46.8 Å². The molecule has 2 aliphatic heterocycles. The average molecular weight is 448 g/mol. The van der Waals surface area contributed by atoms with Crippen LogP contribution in [0.25, 0.3) is 0 Å². The third-order valence-corrected chi connectivity index (χ3v) is 9.40. The number of para-hydroxylation sites is 1. The highest BCUT2D eigenvalue weighted by molar-refractivity contribution is 7.91. The molecule has 8 heteroatoms. The molecule has 0 aliphatic carbocycles. The first-order valence-corrected chi connectivity index (χ1v) is 12.8. The van der Waals surface area contributed by atoms with Crippen molar-refractivity contribution in [1.82, 2.24) is 9.62 Å². The van der Waals surface area contributed by atoms with Crippen molar-refractivity contribution < 1.29 is 13.2 Å². The monoisotopic (exact) mass is 447 g/mol. The Bertz CT molecular complexity index is 1020. The zero-order chi connectivity index (χ0) is 21.3. The Hall–Kier alpha value is -1.90. The van der Waals surface area contributed by atoms with Crippen molar-refractivity contribution in [2.24, 2.45) is 5.92 Å². The second-order valence-corrected chi connectivity index (χ2v) is 11.7. The first-order valence-electron chi connectivity index (χ1n) is 10.5. The quantitative estimate of drug-likeness (QED) is 0.739. The number of hydrogen-bond acceptors (Lipinski definition) is 5. The normalized spacial score (nSPS) is 22.1. The summed E-state index contributed by atoms with van der Waals surface area (Å²) in [6.45, 7) is 6.16. The van der Waals surface area contributed by atoms with E-state index in [9.17, 15) is 13.2 Å². The van der Waals surface area contributed by atoms with Gasteiger partial charge >= 0.3 is 0 Å². The lowest BCUT2D eigenvalue weighted by molar-refractivity contribution is -0.126. The molecule has 3 heterocycles. The van der Waals surface area contributed by atoms with Crippen LogP contribution < -0.4 is 10.2 Å². The number of nitrogens with one attached hydrogen (secondary N) is 1. The largest absolute Gasteiger partial charge is 0.367 e. The highest BCUT2D eigenvalue weighted by Gasteiger charge is 2.34. The molecule has 1 aromatic carbocycles. The summed E-state index contributed by atoms with van der Waals surface area (Å²) in [5.74, 6) is -0.338. The van der Waals surface area contributed by atoms with Crippen LogP contribution in [0.3, 0.4) is 0 Å². The maximum atomic E-state index is 12.9. The summed E-state index contributed by atoms with van der Waals surface area (Å²) in [6.07, 6.45) is 2.46. The van der Waals surface area contributed by atoms with Crippen LogP contribution in [0.5, 0.6) is 0 Å². The first-order chi connectivity index (χ1) is 14.4. The minimum atomic E-state index is -3.52. The van der Waals surface area contributed by atoms with E-state index < -0.39 is 10.0 Å². The van der Waals surface area contributed by atoms with Crippen molar-refractivity contribution in [1.29, 1.82) is 0 Å². The van der Waals surface area contributed by atoms with Gasteiger partial charge in [0.15, 0.2) is 0 Å². The summed E-state index contributed by atoms with van der Waals surface area (Å²) in [5, 5.41) is 3.05. The highest BCUT2D eigenvalue weighted by Crippen LogP contribution is 2.31. The van der Waals surface area contributed by atoms with Crippen LogP contribution >= 0.6 is 11.3 Å². The van der Waals surface area contributed by atoms with E-state index in [4.69, 9.17) is 0 Å². The van der Waals surface area contributed by atoms with Gasteiger partial charge in [-0.15, -0.1) is 11.3 Å². The SMILES string of the molecule is Cc1ccc(S(=O)(=O)N2CCCC(C(=O)NCCN3c4ccccc4CC3C)C2)s1. The van der Waals surface area contributed by atoms with E-state index in [2.05, 4.69) is 41.4 Å². The van der Waals surface area contributed by atoms with E-state index in [1.807, 2.05) is 13.0 Å². The summed E-state index contributed by atoms with van der Waals surface area (Å²) < 4.78 is 27.7. The van der Waals surface area contributed by atoms with Crippen molar-refractivity contribution in [2.45, 2.75) is 43.4 Å². The molecule has 2 aliphatic rings. The van der Waals surface area contributed by atoms with Crippen molar-refractivity contribution in [3.8, 4) is 0 Å². The number of anilines is 1. The number of piperidine rings is 1. The van der Waals surface area contributed by atoms with Crippen LogP contribution in [0, 0.1) is 12.8 Å². The van der Waals surface area contributed by atoms with Crippen molar-refractivity contribution in [3.63, 3.8) is 0 Å². The first kappa shape index (κ1) is 21.3. The van der Waals surface area contributed by atoms with E-state index in [1.54, 1.807) is 6.07 Å². The zero-order valence-corrected chi connectivity index (χ0v) is 19.1. The summed E-state index contributed by atoms with van der Waals surface area (Å²) in [6, 6.07) is 12.3. The van der Waals surface area contributed by atoms with Gasteiger partial charge in [0.05, 0.1) is 5.92 Å². The van der Waals surface area contributed by atoms with Gasteiger partial charge in [0.2, 0.25) is 5.91 Å². The number of carbonyl (C=O) groups excluding carboxylic acids is 1. The molecule has 1 N–H and O–H groups in total. The van der Waals surface area contributed by atoms with Gasteiger partial charge in [0.1, 0.15) is 4.21 Å². The molecule has 30 heavy (non-hydrogen) atoms. The highest BCUT2D eigenvalue weighted by atomic mass is 32.2. The molecule has 1 fully saturated rings. The molecule has 2 atom stereocenters. The molecule has 1 saturated heterocycles. The molecule has 0 bridgehead atoms. The molecule has 1 amide bonds. The lowest BCUT2D eigenvalue weighted by Gasteiger charge is -2.31. The van der Waals surface area contributed by atoms with Gasteiger partial charge in [-0.25, -0.2) is 8.42 Å². The summed E-state index contributed by atoms with van der Waals surface area (Å²) in [7, 11) is -3.52. The number of aryl methyl sites for hydroxylation is 1. The van der Waals surface area contributed by atoms with Crippen LogP contribution in [0.1, 0.15) is 30.2 Å². The van der Waals surface area contributed by atoms with Gasteiger partial charge in [-0.3, -0.25) is 4.79 Å². The summed E-state index contributed by atoms with van der Waals surface area (Å²) in [5.41, 5.74) is 2.61. The van der Waals surface area contributed by atoms with Gasteiger partial charge in [0, 0.05) is 42.8 Å². The Morgan fingerprint density at radius 3 is 2.80 bits per heavy atom. The number of thiophene rings is 1. The number of hydrogen-bond donors (Lipinski definition) is 1. The Labute approximate surface area is 182 Å². The van der Waals surface area contributed by atoms with E-state index in [0.717, 1.165) is 24.3 Å². The van der Waals surface area contributed by atoms with E-state index in [-0.39, 0.29) is 18.4 Å². The van der Waals surface area contributed by atoms with Gasteiger partial charge in [0.25, 0.3) is 10.0 Å². The number of sulfonamides is 1. The van der Waals surface area contributed by atoms with Gasteiger partial charge in [-0.05, 0) is 56.9 Å². The molecule has 0 spiro atoms. The Morgan fingerprint density at radius 2 is 2.03 bits per heavy atom. The fraction of sp³-hybridized carbons (Fsp3) is 0.500. The molecular weight excluding hydrogens is 418 g/mol. The van der Waals surface area contributed by atoms with Crippen LogP contribution in [0.2, 0.25) is 0 Å². The minimum Gasteiger partial charge on any atom is -0.367 e. The molecule has 162 valence electrons. The second kappa shape index (κ2) is 8.69. The van der Waals surface area contributed by atoms with Crippen molar-refractivity contribution >= 4 is 33.0 Å². The lowest BCUT2D eigenvalue weighted by atomic mass is 9.99. The zero-order valence-electron chi connectivity index (χ0n) is 17.5. The maximum Gasteiger partial charge on any atom is 0.252 e. The van der Waals surface area contributed by atoms with Gasteiger partial charge < -0.3 is 10.2 Å². The molecule has 2 unspecified atom stereocenters. The average Bonchev–Trinajstić information content (AvgIpc) is 3.31. The fourth-order valence-electron chi connectivity index (χ4n) is 4.47. The molecule has 6 nitrogen and oxygen atoms in total. The van der Waals surface area contributed by atoms with Crippen molar-refractivity contribution in [2.75, 3.05) is 31.1 Å². The Kier molecular flexibility index (Phi) is 6.18. The molecule has 2 aromatic rings. The molecule has 0 saturated carbocycles. The van der Waals surface area contributed by atoms with Crippen LogP contribution in [-0.4, -0.2) is 50.9 Å². The number of nitrogens with zero attached hydrogens (tertiary/aromatic N) is 2. The minimum absolute atomic E-state index is 0.0441. The van der Waals surface area contributed by atoms with E-state index >= 15 is 0 Å². The number of rotatable bonds is 6. The summed E-state index contributed by atoms with van der Waals surface area (Å²) >= 11 is 1.28. The van der Waals surface area contributed by atoms with Gasteiger partial charge in [-0.1, -0.05) is 18.2 Å². The number of amides is 1.